The lowest BCUT2D eigenvalue weighted by molar-refractivity contribution is 0.103. The summed E-state index contributed by atoms with van der Waals surface area (Å²) in [6.45, 7) is 0. The molecular formula is C18H15NO4S2. The topological polar surface area (TPSA) is 72.5 Å². The first-order valence-corrected chi connectivity index (χ1v) is 9.71. The Labute approximate surface area is 150 Å². The number of thiophene rings is 1. The van der Waals surface area contributed by atoms with Gasteiger partial charge in [0.25, 0.3) is 10.0 Å². The fourth-order valence-corrected chi connectivity index (χ4v) is 4.35. The van der Waals surface area contributed by atoms with Crippen LogP contribution >= 0.6 is 11.3 Å². The Morgan fingerprint density at radius 2 is 1.72 bits per heavy atom. The predicted molar refractivity (Wildman–Crippen MR) is 98.0 cm³/mol. The van der Waals surface area contributed by atoms with Crippen molar-refractivity contribution in [2.45, 2.75) is 4.21 Å². The molecule has 3 aromatic rings. The van der Waals surface area contributed by atoms with Crippen LogP contribution < -0.4 is 9.46 Å². The van der Waals surface area contributed by atoms with Gasteiger partial charge >= 0.3 is 0 Å². The number of para-hydroxylation sites is 1. The van der Waals surface area contributed by atoms with Gasteiger partial charge in [-0.1, -0.05) is 18.2 Å². The van der Waals surface area contributed by atoms with Crippen LogP contribution in [-0.4, -0.2) is 21.3 Å². The predicted octanol–water partition coefficient (Wildman–Crippen LogP) is 3.79. The van der Waals surface area contributed by atoms with E-state index in [2.05, 4.69) is 4.72 Å². The molecule has 25 heavy (non-hydrogen) atoms. The van der Waals surface area contributed by atoms with Crippen LogP contribution in [0.5, 0.6) is 5.75 Å². The summed E-state index contributed by atoms with van der Waals surface area (Å²) in [5, 5.41) is 1.68. The van der Waals surface area contributed by atoms with Gasteiger partial charge in [0.2, 0.25) is 0 Å². The minimum atomic E-state index is -3.72. The Morgan fingerprint density at radius 1 is 1.00 bits per heavy atom. The van der Waals surface area contributed by atoms with Crippen molar-refractivity contribution in [1.29, 1.82) is 0 Å². The van der Waals surface area contributed by atoms with Crippen LogP contribution in [0.3, 0.4) is 0 Å². The third-order valence-electron chi connectivity index (χ3n) is 3.53. The van der Waals surface area contributed by atoms with Crippen molar-refractivity contribution in [1.82, 2.24) is 0 Å². The van der Waals surface area contributed by atoms with Gasteiger partial charge < -0.3 is 4.74 Å². The molecule has 128 valence electrons. The van der Waals surface area contributed by atoms with Crippen LogP contribution in [0.15, 0.2) is 70.3 Å². The van der Waals surface area contributed by atoms with Gasteiger partial charge in [0.1, 0.15) is 9.96 Å². The molecule has 0 bridgehead atoms. The van der Waals surface area contributed by atoms with E-state index in [4.69, 9.17) is 4.74 Å². The normalized spacial score (nSPS) is 11.1. The maximum absolute atomic E-state index is 12.8. The molecule has 0 unspecified atom stereocenters. The number of hydrogen-bond donors (Lipinski definition) is 1. The first-order valence-electron chi connectivity index (χ1n) is 7.35. The van der Waals surface area contributed by atoms with Crippen LogP contribution in [0.25, 0.3) is 0 Å². The molecule has 7 heteroatoms. The van der Waals surface area contributed by atoms with Crippen molar-refractivity contribution in [3.8, 4) is 5.75 Å². The number of ether oxygens (including phenoxy) is 1. The SMILES string of the molecule is COc1ccc(C(=O)c2ccccc2NS(=O)(=O)c2cccs2)cc1. The van der Waals surface area contributed by atoms with Gasteiger partial charge in [0.05, 0.1) is 12.8 Å². The number of hydrogen-bond acceptors (Lipinski definition) is 5. The molecule has 0 spiro atoms. The Bertz CT molecular complexity index is 978. The van der Waals surface area contributed by atoms with E-state index in [-0.39, 0.29) is 21.2 Å². The molecule has 0 aliphatic carbocycles. The van der Waals surface area contributed by atoms with Crippen molar-refractivity contribution in [3.05, 3.63) is 77.2 Å². The standard InChI is InChI=1S/C18H15NO4S2/c1-23-14-10-8-13(9-11-14)18(20)15-5-2-3-6-16(15)19-25(21,22)17-7-4-12-24-17/h2-12,19H,1H3. The molecule has 0 atom stereocenters. The molecule has 0 aliphatic heterocycles. The number of carbonyl (C=O) groups is 1. The molecule has 0 radical (unpaired) electrons. The lowest BCUT2D eigenvalue weighted by Crippen LogP contribution is -2.15. The molecule has 0 aliphatic rings. The number of nitrogens with one attached hydrogen (secondary N) is 1. The van der Waals surface area contributed by atoms with Crippen LogP contribution in [0.4, 0.5) is 5.69 Å². The summed E-state index contributed by atoms with van der Waals surface area (Å²) in [7, 11) is -2.18. The Hall–Kier alpha value is -2.64. The summed E-state index contributed by atoms with van der Waals surface area (Å²) in [6, 6.07) is 16.4. The van der Waals surface area contributed by atoms with E-state index >= 15 is 0 Å². The third kappa shape index (κ3) is 3.72. The van der Waals surface area contributed by atoms with E-state index in [9.17, 15) is 13.2 Å². The van der Waals surface area contributed by atoms with Crippen molar-refractivity contribution < 1.29 is 17.9 Å². The number of methoxy groups -OCH3 is 1. The number of sulfonamides is 1. The van der Waals surface area contributed by atoms with Gasteiger partial charge in [0.15, 0.2) is 5.78 Å². The average Bonchev–Trinajstić information content (AvgIpc) is 3.17. The van der Waals surface area contributed by atoms with Gasteiger partial charge in [-0.3, -0.25) is 9.52 Å². The number of anilines is 1. The van der Waals surface area contributed by atoms with Crippen LogP contribution in [0, 0.1) is 0 Å². The van der Waals surface area contributed by atoms with Crippen LogP contribution in [-0.2, 0) is 10.0 Å². The summed E-state index contributed by atoms with van der Waals surface area (Å²) in [4.78, 5) is 12.8. The Morgan fingerprint density at radius 3 is 2.36 bits per heavy atom. The highest BCUT2D eigenvalue weighted by Crippen LogP contribution is 2.25. The zero-order valence-corrected chi connectivity index (χ0v) is 14.9. The Kier molecular flexibility index (Phi) is 4.87. The van der Waals surface area contributed by atoms with E-state index in [0.717, 1.165) is 11.3 Å². The summed E-state index contributed by atoms with van der Waals surface area (Å²) in [6.07, 6.45) is 0. The zero-order valence-electron chi connectivity index (χ0n) is 13.3. The second-order valence-corrected chi connectivity index (χ2v) is 8.00. The Balaban J connectivity index is 1.94. The highest BCUT2D eigenvalue weighted by molar-refractivity contribution is 7.94. The van der Waals surface area contributed by atoms with Crippen molar-refractivity contribution in [3.63, 3.8) is 0 Å². The fraction of sp³-hybridized carbons (Fsp3) is 0.0556. The van der Waals surface area contributed by atoms with E-state index < -0.39 is 10.0 Å². The summed E-state index contributed by atoms with van der Waals surface area (Å²) < 4.78 is 32.6. The molecule has 1 aromatic heterocycles. The second-order valence-electron chi connectivity index (χ2n) is 5.14. The number of rotatable bonds is 6. The molecule has 0 saturated heterocycles. The van der Waals surface area contributed by atoms with Gasteiger partial charge in [-0.25, -0.2) is 8.42 Å². The summed E-state index contributed by atoms with van der Waals surface area (Å²) in [5.74, 6) is 0.371. The van der Waals surface area contributed by atoms with Crippen LogP contribution in [0.1, 0.15) is 15.9 Å². The molecule has 3 rings (SSSR count). The molecule has 5 nitrogen and oxygen atoms in total. The molecule has 0 amide bonds. The highest BCUT2D eigenvalue weighted by Gasteiger charge is 2.20. The first-order chi connectivity index (χ1) is 12.0. The van der Waals surface area contributed by atoms with Crippen molar-refractivity contribution in [2.24, 2.45) is 0 Å². The molecule has 2 aromatic carbocycles. The lowest BCUT2D eigenvalue weighted by atomic mass is 10.0. The summed E-state index contributed by atoms with van der Waals surface area (Å²) >= 11 is 1.11. The van der Waals surface area contributed by atoms with Gasteiger partial charge in [-0.05, 0) is 47.8 Å². The molecule has 1 N–H and O–H groups in total. The number of carbonyl (C=O) groups excluding carboxylic acids is 1. The van der Waals surface area contributed by atoms with E-state index in [0.29, 0.717) is 11.3 Å². The van der Waals surface area contributed by atoms with Crippen molar-refractivity contribution >= 4 is 32.8 Å². The smallest absolute Gasteiger partial charge is 0.271 e. The lowest BCUT2D eigenvalue weighted by Gasteiger charge is -2.11. The first kappa shape index (κ1) is 17.2. The number of benzene rings is 2. The highest BCUT2D eigenvalue weighted by atomic mass is 32.2. The zero-order chi connectivity index (χ0) is 17.9. The van der Waals surface area contributed by atoms with Crippen molar-refractivity contribution in [2.75, 3.05) is 11.8 Å². The van der Waals surface area contributed by atoms with Gasteiger partial charge in [-0.15, -0.1) is 11.3 Å². The quantitative estimate of drug-likeness (QED) is 0.667. The van der Waals surface area contributed by atoms with Gasteiger partial charge in [-0.2, -0.15) is 0 Å². The van der Waals surface area contributed by atoms with E-state index in [1.54, 1.807) is 67.1 Å². The average molecular weight is 373 g/mol. The molecule has 1 heterocycles. The molecule has 0 saturated carbocycles. The maximum Gasteiger partial charge on any atom is 0.271 e. The van der Waals surface area contributed by atoms with Gasteiger partial charge in [0, 0.05) is 11.1 Å². The minimum Gasteiger partial charge on any atom is -0.497 e. The van der Waals surface area contributed by atoms with Crippen LogP contribution in [0.2, 0.25) is 0 Å². The van der Waals surface area contributed by atoms with E-state index in [1.807, 2.05) is 0 Å². The maximum atomic E-state index is 12.8. The molecular weight excluding hydrogens is 358 g/mol. The summed E-state index contributed by atoms with van der Waals surface area (Å²) in [5.41, 5.74) is 0.980. The third-order valence-corrected chi connectivity index (χ3v) is 6.29. The minimum absolute atomic E-state index is 0.194. The largest absolute Gasteiger partial charge is 0.497 e. The fourth-order valence-electron chi connectivity index (χ4n) is 2.28. The monoisotopic (exact) mass is 373 g/mol. The molecule has 0 fully saturated rings. The van der Waals surface area contributed by atoms with E-state index in [1.165, 1.54) is 6.07 Å². The number of ketones is 1. The second kappa shape index (κ2) is 7.08.